The van der Waals surface area contributed by atoms with Crippen molar-refractivity contribution in [3.63, 3.8) is 0 Å². The average molecular weight is 345 g/mol. The fourth-order valence-electron chi connectivity index (χ4n) is 3.48. The van der Waals surface area contributed by atoms with E-state index in [2.05, 4.69) is 49.3 Å². The molecular formula is C20H28N2OS. The third-order valence-electron chi connectivity index (χ3n) is 4.98. The number of hydrogen-bond donors (Lipinski definition) is 0. The van der Waals surface area contributed by atoms with Crippen molar-refractivity contribution < 1.29 is 4.74 Å². The molecule has 0 spiro atoms. The molecule has 0 N–H and O–H groups in total. The van der Waals surface area contributed by atoms with E-state index in [1.807, 2.05) is 6.92 Å². The van der Waals surface area contributed by atoms with Crippen LogP contribution in [0.2, 0.25) is 0 Å². The van der Waals surface area contributed by atoms with Crippen LogP contribution in [0.4, 0.5) is 0 Å². The standard InChI is InChI=1S/C20H28N2OS/c1-5-23-16(4)20-21-18(13-24-20)12-22-10-6-7-19(22)17-9-8-14(2)15(3)11-17/h8-9,11,13,16,19H,5-7,10,12H2,1-4H3. The Morgan fingerprint density at radius 1 is 1.33 bits per heavy atom. The summed E-state index contributed by atoms with van der Waals surface area (Å²) in [6.45, 7) is 11.3. The van der Waals surface area contributed by atoms with Gasteiger partial charge in [-0.25, -0.2) is 4.98 Å². The third-order valence-corrected chi connectivity index (χ3v) is 6.03. The van der Waals surface area contributed by atoms with Gasteiger partial charge in [0.25, 0.3) is 0 Å². The van der Waals surface area contributed by atoms with Crippen molar-refractivity contribution in [2.75, 3.05) is 13.2 Å². The molecule has 4 heteroatoms. The molecule has 1 aromatic heterocycles. The second kappa shape index (κ2) is 7.77. The Balaban J connectivity index is 1.71. The van der Waals surface area contributed by atoms with Crippen molar-refractivity contribution in [2.24, 2.45) is 0 Å². The highest BCUT2D eigenvalue weighted by atomic mass is 32.1. The van der Waals surface area contributed by atoms with Crippen LogP contribution in [-0.4, -0.2) is 23.0 Å². The second-order valence-electron chi connectivity index (χ2n) is 6.75. The minimum Gasteiger partial charge on any atom is -0.372 e. The topological polar surface area (TPSA) is 25.4 Å². The molecule has 0 bridgehead atoms. The van der Waals surface area contributed by atoms with Gasteiger partial charge in [-0.1, -0.05) is 18.2 Å². The van der Waals surface area contributed by atoms with E-state index in [4.69, 9.17) is 9.72 Å². The molecule has 1 aliphatic rings. The van der Waals surface area contributed by atoms with E-state index in [1.54, 1.807) is 11.3 Å². The van der Waals surface area contributed by atoms with Crippen LogP contribution in [0, 0.1) is 13.8 Å². The molecule has 130 valence electrons. The Morgan fingerprint density at radius 3 is 2.92 bits per heavy atom. The molecule has 2 heterocycles. The van der Waals surface area contributed by atoms with Gasteiger partial charge in [-0.15, -0.1) is 11.3 Å². The van der Waals surface area contributed by atoms with Gasteiger partial charge in [0.05, 0.1) is 5.69 Å². The molecule has 1 fully saturated rings. The van der Waals surface area contributed by atoms with Gasteiger partial charge in [-0.05, 0) is 63.8 Å². The average Bonchev–Trinajstić information content (AvgIpc) is 3.20. The number of nitrogens with zero attached hydrogens (tertiary/aromatic N) is 2. The molecule has 0 radical (unpaired) electrons. The summed E-state index contributed by atoms with van der Waals surface area (Å²) in [5, 5.41) is 3.29. The number of hydrogen-bond acceptors (Lipinski definition) is 4. The van der Waals surface area contributed by atoms with Crippen LogP contribution in [0.15, 0.2) is 23.6 Å². The van der Waals surface area contributed by atoms with Gasteiger partial charge in [0, 0.05) is 24.6 Å². The number of aromatic nitrogens is 1. The lowest BCUT2D eigenvalue weighted by molar-refractivity contribution is 0.0760. The van der Waals surface area contributed by atoms with Gasteiger partial charge in [0.2, 0.25) is 0 Å². The number of thiazole rings is 1. The van der Waals surface area contributed by atoms with Gasteiger partial charge < -0.3 is 4.74 Å². The summed E-state index contributed by atoms with van der Waals surface area (Å²) in [7, 11) is 0. The quantitative estimate of drug-likeness (QED) is 0.720. The van der Waals surface area contributed by atoms with Crippen molar-refractivity contribution in [1.82, 2.24) is 9.88 Å². The number of rotatable bonds is 6. The maximum atomic E-state index is 5.66. The van der Waals surface area contributed by atoms with E-state index in [1.165, 1.54) is 35.2 Å². The largest absolute Gasteiger partial charge is 0.372 e. The zero-order valence-corrected chi connectivity index (χ0v) is 16.0. The summed E-state index contributed by atoms with van der Waals surface area (Å²) in [6, 6.07) is 7.45. The van der Waals surface area contributed by atoms with Crippen molar-refractivity contribution in [2.45, 2.75) is 59.2 Å². The number of ether oxygens (including phenoxy) is 1. The SMILES string of the molecule is CCOC(C)c1nc(CN2CCCC2c2ccc(C)c(C)c2)cs1. The van der Waals surface area contributed by atoms with Crippen LogP contribution >= 0.6 is 11.3 Å². The second-order valence-corrected chi connectivity index (χ2v) is 7.64. The summed E-state index contributed by atoms with van der Waals surface area (Å²) in [5.41, 5.74) is 5.39. The molecule has 0 aliphatic carbocycles. The zero-order valence-electron chi connectivity index (χ0n) is 15.2. The molecular weight excluding hydrogens is 316 g/mol. The van der Waals surface area contributed by atoms with Crippen molar-refractivity contribution in [3.05, 3.63) is 51.0 Å². The molecule has 2 aromatic rings. The van der Waals surface area contributed by atoms with Crippen LogP contribution in [0.5, 0.6) is 0 Å². The first-order valence-corrected chi connectivity index (χ1v) is 9.83. The van der Waals surface area contributed by atoms with Crippen LogP contribution in [0.1, 0.15) is 66.2 Å². The van der Waals surface area contributed by atoms with E-state index >= 15 is 0 Å². The van der Waals surface area contributed by atoms with Crippen LogP contribution < -0.4 is 0 Å². The first kappa shape index (κ1) is 17.6. The molecule has 3 rings (SSSR count). The summed E-state index contributed by atoms with van der Waals surface area (Å²) in [5.74, 6) is 0. The molecule has 3 nitrogen and oxygen atoms in total. The first-order chi connectivity index (χ1) is 11.6. The Morgan fingerprint density at radius 2 is 2.17 bits per heavy atom. The van der Waals surface area contributed by atoms with Crippen LogP contribution in [-0.2, 0) is 11.3 Å². The highest BCUT2D eigenvalue weighted by Crippen LogP contribution is 2.34. The highest BCUT2D eigenvalue weighted by molar-refractivity contribution is 7.09. The predicted octanol–water partition coefficient (Wildman–Crippen LogP) is 5.19. The summed E-state index contributed by atoms with van der Waals surface area (Å²) < 4.78 is 5.66. The van der Waals surface area contributed by atoms with E-state index < -0.39 is 0 Å². The first-order valence-electron chi connectivity index (χ1n) is 8.95. The maximum absolute atomic E-state index is 5.66. The minimum atomic E-state index is 0.0999. The Bertz CT molecular complexity index is 682. The van der Waals surface area contributed by atoms with Crippen LogP contribution in [0.3, 0.4) is 0 Å². The van der Waals surface area contributed by atoms with Gasteiger partial charge in [-0.2, -0.15) is 0 Å². The molecule has 2 unspecified atom stereocenters. The lowest BCUT2D eigenvalue weighted by Gasteiger charge is -2.24. The monoisotopic (exact) mass is 344 g/mol. The predicted molar refractivity (Wildman–Crippen MR) is 100 cm³/mol. The molecule has 1 aromatic carbocycles. The van der Waals surface area contributed by atoms with E-state index in [-0.39, 0.29) is 6.10 Å². The van der Waals surface area contributed by atoms with Crippen molar-refractivity contribution >= 4 is 11.3 Å². The molecule has 0 amide bonds. The lowest BCUT2D eigenvalue weighted by atomic mass is 9.99. The lowest BCUT2D eigenvalue weighted by Crippen LogP contribution is -2.23. The Hall–Kier alpha value is -1.23. The number of aryl methyl sites for hydroxylation is 2. The minimum absolute atomic E-state index is 0.0999. The fourth-order valence-corrected chi connectivity index (χ4v) is 4.29. The molecule has 2 atom stereocenters. The zero-order chi connectivity index (χ0) is 17.1. The van der Waals surface area contributed by atoms with E-state index in [9.17, 15) is 0 Å². The molecule has 0 saturated carbocycles. The van der Waals surface area contributed by atoms with E-state index in [0.717, 1.165) is 24.7 Å². The normalized spacial score (nSPS) is 19.8. The van der Waals surface area contributed by atoms with Crippen LogP contribution in [0.25, 0.3) is 0 Å². The van der Waals surface area contributed by atoms with Crippen molar-refractivity contribution in [3.8, 4) is 0 Å². The smallest absolute Gasteiger partial charge is 0.122 e. The summed E-state index contributed by atoms with van der Waals surface area (Å²) in [4.78, 5) is 7.38. The molecule has 1 saturated heterocycles. The Labute approximate surface area is 149 Å². The fraction of sp³-hybridized carbons (Fsp3) is 0.550. The summed E-state index contributed by atoms with van der Waals surface area (Å²) >= 11 is 1.72. The van der Waals surface area contributed by atoms with Gasteiger partial charge in [0.15, 0.2) is 0 Å². The third kappa shape index (κ3) is 3.88. The van der Waals surface area contributed by atoms with E-state index in [0.29, 0.717) is 6.04 Å². The van der Waals surface area contributed by atoms with Gasteiger partial charge in [-0.3, -0.25) is 4.90 Å². The number of benzene rings is 1. The summed E-state index contributed by atoms with van der Waals surface area (Å²) in [6.07, 6.45) is 2.61. The maximum Gasteiger partial charge on any atom is 0.122 e. The molecule has 24 heavy (non-hydrogen) atoms. The van der Waals surface area contributed by atoms with Gasteiger partial charge in [0.1, 0.15) is 11.1 Å². The highest BCUT2D eigenvalue weighted by Gasteiger charge is 2.27. The number of likely N-dealkylation sites (tertiary alicyclic amines) is 1. The van der Waals surface area contributed by atoms with Gasteiger partial charge >= 0.3 is 0 Å². The van der Waals surface area contributed by atoms with Crippen molar-refractivity contribution in [1.29, 1.82) is 0 Å². The molecule has 1 aliphatic heterocycles. The Kier molecular flexibility index (Phi) is 5.69.